The maximum atomic E-state index is 12.6. The van der Waals surface area contributed by atoms with E-state index in [1.165, 1.54) is 5.56 Å². The second kappa shape index (κ2) is 4.85. The number of nitrogens with one attached hydrogen (secondary N) is 1. The topological polar surface area (TPSA) is 36.1 Å². The van der Waals surface area contributed by atoms with Gasteiger partial charge in [0.2, 0.25) is 0 Å². The Labute approximate surface area is 117 Å². The van der Waals surface area contributed by atoms with E-state index in [9.17, 15) is 4.79 Å². The number of carbonyl (C=O) groups excluding carboxylic acids is 1. The molecule has 1 heterocycles. The summed E-state index contributed by atoms with van der Waals surface area (Å²) in [6.45, 7) is 2.03. The Morgan fingerprint density at radius 1 is 1.05 bits per heavy atom. The third-order valence-electron chi connectivity index (χ3n) is 3.55. The Hall–Kier alpha value is -2.55. The van der Waals surface area contributed by atoms with Gasteiger partial charge in [-0.25, -0.2) is 0 Å². The van der Waals surface area contributed by atoms with E-state index in [1.807, 2.05) is 55.5 Å². The Morgan fingerprint density at radius 2 is 1.75 bits per heavy atom. The molecule has 1 aromatic heterocycles. The molecule has 0 radical (unpaired) electrons. The highest BCUT2D eigenvalue weighted by molar-refractivity contribution is 6.13. The maximum absolute atomic E-state index is 12.6. The van der Waals surface area contributed by atoms with E-state index in [-0.39, 0.29) is 5.91 Å². The quantitative estimate of drug-likeness (QED) is 0.751. The summed E-state index contributed by atoms with van der Waals surface area (Å²) in [5.41, 5.74) is 3.75. The lowest BCUT2D eigenvalue weighted by Crippen LogP contribution is -2.25. The van der Waals surface area contributed by atoms with Crippen molar-refractivity contribution in [1.82, 2.24) is 4.98 Å². The minimum Gasteiger partial charge on any atom is -0.360 e. The summed E-state index contributed by atoms with van der Waals surface area (Å²) in [4.78, 5) is 17.4. The van der Waals surface area contributed by atoms with Crippen molar-refractivity contribution < 1.29 is 4.79 Å². The molecule has 1 N–H and O–H groups in total. The fraction of sp³-hybridized carbons (Fsp3) is 0.118. The molecular weight excluding hydrogens is 248 g/mol. The number of hydrogen-bond acceptors (Lipinski definition) is 1. The van der Waals surface area contributed by atoms with Gasteiger partial charge < -0.3 is 9.88 Å². The SMILES string of the molecule is Cc1ccc(N(C)C(=O)c2c[nH]c3ccccc23)cc1. The Kier molecular flexibility index (Phi) is 3.03. The largest absolute Gasteiger partial charge is 0.360 e. The number of benzene rings is 2. The molecule has 2 aromatic carbocycles. The summed E-state index contributed by atoms with van der Waals surface area (Å²) in [5, 5.41) is 0.955. The van der Waals surface area contributed by atoms with Crippen LogP contribution in [-0.2, 0) is 0 Å². The number of carbonyl (C=O) groups is 1. The van der Waals surface area contributed by atoms with Crippen molar-refractivity contribution >= 4 is 22.5 Å². The fourth-order valence-corrected chi connectivity index (χ4v) is 2.31. The average Bonchev–Trinajstić information content (AvgIpc) is 2.90. The van der Waals surface area contributed by atoms with Gasteiger partial charge in [-0.15, -0.1) is 0 Å². The van der Waals surface area contributed by atoms with Crippen molar-refractivity contribution in [2.45, 2.75) is 6.92 Å². The van der Waals surface area contributed by atoms with Crippen molar-refractivity contribution in [2.75, 3.05) is 11.9 Å². The lowest BCUT2D eigenvalue weighted by atomic mass is 10.1. The molecule has 100 valence electrons. The van der Waals surface area contributed by atoms with Crippen LogP contribution in [0.5, 0.6) is 0 Å². The van der Waals surface area contributed by atoms with Crippen LogP contribution in [0.1, 0.15) is 15.9 Å². The molecule has 0 spiro atoms. The maximum Gasteiger partial charge on any atom is 0.260 e. The Balaban J connectivity index is 1.97. The van der Waals surface area contributed by atoms with Gasteiger partial charge in [0.25, 0.3) is 5.91 Å². The Bertz CT molecular complexity index is 756. The number of aromatic nitrogens is 1. The van der Waals surface area contributed by atoms with Gasteiger partial charge in [-0.2, -0.15) is 0 Å². The monoisotopic (exact) mass is 264 g/mol. The molecule has 0 bridgehead atoms. The van der Waals surface area contributed by atoms with Gasteiger partial charge in [0, 0.05) is 29.8 Å². The molecule has 3 aromatic rings. The van der Waals surface area contributed by atoms with Crippen LogP contribution in [0.25, 0.3) is 10.9 Å². The molecule has 0 aliphatic heterocycles. The number of H-pyrrole nitrogens is 1. The highest BCUT2D eigenvalue weighted by Gasteiger charge is 2.17. The van der Waals surface area contributed by atoms with Crippen LogP contribution < -0.4 is 4.90 Å². The third-order valence-corrected chi connectivity index (χ3v) is 3.55. The molecule has 3 rings (SSSR count). The number of nitrogens with zero attached hydrogens (tertiary/aromatic N) is 1. The first-order valence-electron chi connectivity index (χ1n) is 6.57. The molecule has 0 atom stereocenters. The van der Waals surface area contributed by atoms with Gasteiger partial charge in [0.15, 0.2) is 0 Å². The van der Waals surface area contributed by atoms with Crippen LogP contribution in [0.15, 0.2) is 54.7 Å². The summed E-state index contributed by atoms with van der Waals surface area (Å²) >= 11 is 0. The summed E-state index contributed by atoms with van der Waals surface area (Å²) < 4.78 is 0. The van der Waals surface area contributed by atoms with Crippen LogP contribution in [0, 0.1) is 6.92 Å². The number of aromatic amines is 1. The molecule has 0 saturated carbocycles. The molecule has 0 saturated heterocycles. The minimum atomic E-state index is -0.00805. The molecule has 0 aliphatic carbocycles. The summed E-state index contributed by atoms with van der Waals surface area (Å²) in [6, 6.07) is 15.8. The van der Waals surface area contributed by atoms with Crippen LogP contribution in [-0.4, -0.2) is 17.9 Å². The lowest BCUT2D eigenvalue weighted by Gasteiger charge is -2.17. The predicted molar refractivity (Wildman–Crippen MR) is 82.2 cm³/mol. The van der Waals surface area contributed by atoms with E-state index in [2.05, 4.69) is 4.98 Å². The van der Waals surface area contributed by atoms with Crippen molar-refractivity contribution in [2.24, 2.45) is 0 Å². The molecule has 1 amide bonds. The number of para-hydroxylation sites is 1. The van der Waals surface area contributed by atoms with Gasteiger partial charge in [0.05, 0.1) is 5.56 Å². The first-order valence-corrected chi connectivity index (χ1v) is 6.57. The van der Waals surface area contributed by atoms with E-state index in [0.29, 0.717) is 5.56 Å². The first-order chi connectivity index (χ1) is 9.66. The molecule has 0 unspecified atom stereocenters. The number of hydrogen-bond donors (Lipinski definition) is 1. The van der Waals surface area contributed by atoms with E-state index in [4.69, 9.17) is 0 Å². The van der Waals surface area contributed by atoms with E-state index in [1.54, 1.807) is 18.1 Å². The van der Waals surface area contributed by atoms with Crippen LogP contribution in [0.3, 0.4) is 0 Å². The zero-order valence-electron chi connectivity index (χ0n) is 11.6. The molecule has 3 nitrogen and oxygen atoms in total. The highest BCUT2D eigenvalue weighted by atomic mass is 16.2. The summed E-state index contributed by atoms with van der Waals surface area (Å²) in [5.74, 6) is -0.00805. The molecule has 0 aliphatic rings. The van der Waals surface area contributed by atoms with Gasteiger partial charge in [0.1, 0.15) is 0 Å². The van der Waals surface area contributed by atoms with Crippen LogP contribution in [0.2, 0.25) is 0 Å². The number of fused-ring (bicyclic) bond motifs is 1. The van der Waals surface area contributed by atoms with E-state index < -0.39 is 0 Å². The van der Waals surface area contributed by atoms with Gasteiger partial charge in [-0.05, 0) is 25.1 Å². The molecule has 20 heavy (non-hydrogen) atoms. The van der Waals surface area contributed by atoms with Crippen molar-refractivity contribution in [1.29, 1.82) is 0 Å². The smallest absolute Gasteiger partial charge is 0.260 e. The van der Waals surface area contributed by atoms with Crippen LogP contribution >= 0.6 is 0 Å². The number of anilines is 1. The number of aryl methyl sites for hydroxylation is 1. The highest BCUT2D eigenvalue weighted by Crippen LogP contribution is 2.22. The van der Waals surface area contributed by atoms with Gasteiger partial charge >= 0.3 is 0 Å². The molecular formula is C17H16N2O. The fourth-order valence-electron chi connectivity index (χ4n) is 2.31. The molecule has 3 heteroatoms. The van der Waals surface area contributed by atoms with Gasteiger partial charge in [-0.3, -0.25) is 4.79 Å². The number of rotatable bonds is 2. The average molecular weight is 264 g/mol. The predicted octanol–water partition coefficient (Wildman–Crippen LogP) is 3.75. The first kappa shape index (κ1) is 12.5. The van der Waals surface area contributed by atoms with E-state index >= 15 is 0 Å². The van der Waals surface area contributed by atoms with E-state index in [0.717, 1.165) is 16.6 Å². The lowest BCUT2D eigenvalue weighted by molar-refractivity contribution is 0.0994. The van der Waals surface area contributed by atoms with Crippen LogP contribution in [0.4, 0.5) is 5.69 Å². The van der Waals surface area contributed by atoms with Crippen molar-refractivity contribution in [3.05, 3.63) is 65.9 Å². The summed E-state index contributed by atoms with van der Waals surface area (Å²) in [6.07, 6.45) is 1.78. The Morgan fingerprint density at radius 3 is 2.50 bits per heavy atom. The normalized spacial score (nSPS) is 10.7. The standard InChI is InChI=1S/C17H16N2O/c1-12-7-9-13(10-8-12)19(2)17(20)15-11-18-16-6-4-3-5-14(15)16/h3-11,18H,1-2H3. The van der Waals surface area contributed by atoms with Crippen molar-refractivity contribution in [3.8, 4) is 0 Å². The zero-order valence-corrected chi connectivity index (χ0v) is 11.6. The summed E-state index contributed by atoms with van der Waals surface area (Å²) in [7, 11) is 1.80. The van der Waals surface area contributed by atoms with Crippen molar-refractivity contribution in [3.63, 3.8) is 0 Å². The second-order valence-electron chi connectivity index (χ2n) is 4.95. The second-order valence-corrected chi connectivity index (χ2v) is 4.95. The van der Waals surface area contributed by atoms with Gasteiger partial charge in [-0.1, -0.05) is 35.9 Å². The molecule has 0 fully saturated rings. The zero-order chi connectivity index (χ0) is 14.1. The third kappa shape index (κ3) is 2.07. The minimum absolute atomic E-state index is 0.00805. The number of amides is 1.